The summed E-state index contributed by atoms with van der Waals surface area (Å²) < 4.78 is 43.4. The van der Waals surface area contributed by atoms with Gasteiger partial charge in [0, 0.05) is 6.07 Å². The Morgan fingerprint density at radius 3 is 2.76 bits per heavy atom. The lowest BCUT2D eigenvalue weighted by Gasteiger charge is -2.05. The summed E-state index contributed by atoms with van der Waals surface area (Å²) >= 11 is 0.869. The van der Waals surface area contributed by atoms with Crippen LogP contribution in [0.5, 0.6) is 5.75 Å². The summed E-state index contributed by atoms with van der Waals surface area (Å²) in [5.41, 5.74) is 2.13. The highest BCUT2D eigenvalue weighted by Crippen LogP contribution is 2.17. The number of halogens is 3. The molecule has 0 radical (unpaired) electrons. The van der Waals surface area contributed by atoms with E-state index in [9.17, 15) is 18.0 Å². The van der Waals surface area contributed by atoms with E-state index in [4.69, 9.17) is 4.74 Å². The van der Waals surface area contributed by atoms with Crippen LogP contribution in [-0.2, 0) is 4.79 Å². The van der Waals surface area contributed by atoms with Crippen molar-refractivity contribution in [3.8, 4) is 5.75 Å². The van der Waals surface area contributed by atoms with Crippen LogP contribution in [0.4, 0.5) is 13.2 Å². The first-order valence-electron chi connectivity index (χ1n) is 5.69. The van der Waals surface area contributed by atoms with Crippen LogP contribution in [0.1, 0.15) is 4.88 Å². The van der Waals surface area contributed by atoms with Gasteiger partial charge in [-0.05, 0) is 24.3 Å². The molecule has 0 spiro atoms. The molecule has 2 aromatic rings. The molecular weight excluding hydrogens is 305 g/mol. The highest BCUT2D eigenvalue weighted by atomic mass is 32.1. The van der Waals surface area contributed by atoms with E-state index in [-0.39, 0.29) is 10.9 Å². The summed E-state index contributed by atoms with van der Waals surface area (Å²) in [6.45, 7) is -0.487. The van der Waals surface area contributed by atoms with Crippen molar-refractivity contribution < 1.29 is 22.7 Å². The summed E-state index contributed by atoms with van der Waals surface area (Å²) in [5.74, 6) is -2.51. The van der Waals surface area contributed by atoms with E-state index < -0.39 is 24.1 Å². The number of benzene rings is 1. The lowest BCUT2D eigenvalue weighted by molar-refractivity contribution is -0.123. The molecule has 0 atom stereocenters. The van der Waals surface area contributed by atoms with Gasteiger partial charge < -0.3 is 4.74 Å². The van der Waals surface area contributed by atoms with Crippen molar-refractivity contribution in [1.82, 2.24) is 5.43 Å². The Morgan fingerprint density at radius 1 is 1.29 bits per heavy atom. The standard InChI is InChI=1S/C13H9F3N2O2S/c14-8-1-3-11(10(15)5-8)20-7-13(19)18-17-6-9-2-4-12(16)21-9/h1-6H,7H2,(H,18,19)/b17-6+. The molecule has 0 bridgehead atoms. The molecule has 21 heavy (non-hydrogen) atoms. The van der Waals surface area contributed by atoms with Gasteiger partial charge in [-0.15, -0.1) is 11.3 Å². The molecule has 1 N–H and O–H groups in total. The third-order valence-corrected chi connectivity index (χ3v) is 3.04. The molecule has 0 saturated heterocycles. The summed E-state index contributed by atoms with van der Waals surface area (Å²) in [4.78, 5) is 11.9. The summed E-state index contributed by atoms with van der Waals surface area (Å²) in [6.07, 6.45) is 1.27. The van der Waals surface area contributed by atoms with Crippen LogP contribution in [0.15, 0.2) is 35.4 Å². The molecule has 0 unspecified atom stereocenters. The average Bonchev–Trinajstić information content (AvgIpc) is 2.83. The smallest absolute Gasteiger partial charge is 0.277 e. The fourth-order valence-corrected chi connectivity index (χ4v) is 1.94. The zero-order valence-electron chi connectivity index (χ0n) is 10.5. The molecule has 0 aliphatic heterocycles. The Bertz CT molecular complexity index is 673. The lowest BCUT2D eigenvalue weighted by atomic mass is 10.3. The monoisotopic (exact) mass is 314 g/mol. The molecule has 8 heteroatoms. The van der Waals surface area contributed by atoms with Crippen molar-refractivity contribution in [2.24, 2.45) is 5.10 Å². The van der Waals surface area contributed by atoms with Crippen LogP contribution in [0.2, 0.25) is 0 Å². The number of carbonyl (C=O) groups excluding carboxylic acids is 1. The zero-order chi connectivity index (χ0) is 15.2. The fraction of sp³-hybridized carbons (Fsp3) is 0.0769. The number of hydrogen-bond donors (Lipinski definition) is 1. The van der Waals surface area contributed by atoms with Gasteiger partial charge >= 0.3 is 0 Å². The molecule has 1 aromatic heterocycles. The van der Waals surface area contributed by atoms with E-state index in [2.05, 4.69) is 10.5 Å². The van der Waals surface area contributed by atoms with Crippen molar-refractivity contribution in [2.45, 2.75) is 0 Å². The quantitative estimate of drug-likeness (QED) is 0.681. The molecule has 0 aliphatic carbocycles. The molecule has 0 aliphatic rings. The maximum absolute atomic E-state index is 13.2. The third-order valence-electron chi connectivity index (χ3n) is 2.23. The predicted molar refractivity (Wildman–Crippen MR) is 71.9 cm³/mol. The second-order valence-electron chi connectivity index (χ2n) is 3.80. The molecule has 110 valence electrons. The van der Waals surface area contributed by atoms with Crippen molar-refractivity contribution in [3.63, 3.8) is 0 Å². The molecule has 1 aromatic carbocycles. The van der Waals surface area contributed by atoms with Gasteiger partial charge in [0.2, 0.25) is 0 Å². The van der Waals surface area contributed by atoms with Gasteiger partial charge in [-0.2, -0.15) is 9.49 Å². The zero-order valence-corrected chi connectivity index (χ0v) is 11.3. The SMILES string of the molecule is O=C(COc1ccc(F)cc1F)N/N=C/c1ccc(F)s1. The molecule has 0 saturated carbocycles. The van der Waals surface area contributed by atoms with Crippen LogP contribution in [0.25, 0.3) is 0 Å². The first kappa shape index (κ1) is 15.0. The van der Waals surface area contributed by atoms with Crippen LogP contribution < -0.4 is 10.2 Å². The first-order valence-corrected chi connectivity index (χ1v) is 6.51. The van der Waals surface area contributed by atoms with E-state index in [0.717, 1.165) is 23.5 Å². The van der Waals surface area contributed by atoms with E-state index >= 15 is 0 Å². The second kappa shape index (κ2) is 6.89. The van der Waals surface area contributed by atoms with Crippen LogP contribution >= 0.6 is 11.3 Å². The highest BCUT2D eigenvalue weighted by Gasteiger charge is 2.07. The van der Waals surface area contributed by atoms with E-state index in [1.54, 1.807) is 0 Å². The number of nitrogens with one attached hydrogen (secondary N) is 1. The van der Waals surface area contributed by atoms with Crippen molar-refractivity contribution in [1.29, 1.82) is 0 Å². The van der Waals surface area contributed by atoms with Gasteiger partial charge in [0.15, 0.2) is 23.3 Å². The Labute approximate surface area is 121 Å². The minimum Gasteiger partial charge on any atom is -0.481 e. The Balaban J connectivity index is 1.81. The largest absolute Gasteiger partial charge is 0.481 e. The van der Waals surface area contributed by atoms with Gasteiger partial charge in [-0.3, -0.25) is 4.79 Å². The summed E-state index contributed by atoms with van der Waals surface area (Å²) in [7, 11) is 0. The number of thiophene rings is 1. The van der Waals surface area contributed by atoms with E-state index in [1.807, 2.05) is 0 Å². The number of amides is 1. The Morgan fingerprint density at radius 2 is 2.10 bits per heavy atom. The normalized spacial score (nSPS) is 10.8. The van der Waals surface area contributed by atoms with Crippen LogP contribution in [0.3, 0.4) is 0 Å². The summed E-state index contributed by atoms with van der Waals surface area (Å²) in [5, 5.41) is 3.23. The Hall–Kier alpha value is -2.35. The minimum atomic E-state index is -0.902. The van der Waals surface area contributed by atoms with Gasteiger partial charge in [-0.25, -0.2) is 14.2 Å². The molecule has 0 fully saturated rings. The van der Waals surface area contributed by atoms with Crippen LogP contribution in [-0.4, -0.2) is 18.7 Å². The van der Waals surface area contributed by atoms with Crippen LogP contribution in [0, 0.1) is 16.8 Å². The first-order chi connectivity index (χ1) is 10.0. The minimum absolute atomic E-state index is 0.240. The molecule has 4 nitrogen and oxygen atoms in total. The number of hydrogen-bond acceptors (Lipinski definition) is 4. The molecular formula is C13H9F3N2O2S. The van der Waals surface area contributed by atoms with Gasteiger partial charge in [0.25, 0.3) is 5.91 Å². The number of nitrogens with zero attached hydrogens (tertiary/aromatic N) is 1. The number of rotatable bonds is 5. The fourth-order valence-electron chi connectivity index (χ4n) is 1.33. The average molecular weight is 314 g/mol. The lowest BCUT2D eigenvalue weighted by Crippen LogP contribution is -2.24. The van der Waals surface area contributed by atoms with Crippen molar-refractivity contribution in [2.75, 3.05) is 6.61 Å². The topological polar surface area (TPSA) is 50.7 Å². The van der Waals surface area contributed by atoms with E-state index in [0.29, 0.717) is 10.9 Å². The second-order valence-corrected chi connectivity index (χ2v) is 4.86. The predicted octanol–water partition coefficient (Wildman–Crippen LogP) is 2.69. The van der Waals surface area contributed by atoms with Crippen molar-refractivity contribution >= 4 is 23.5 Å². The number of ether oxygens (including phenoxy) is 1. The van der Waals surface area contributed by atoms with Gasteiger partial charge in [-0.1, -0.05) is 0 Å². The maximum atomic E-state index is 13.2. The van der Waals surface area contributed by atoms with Gasteiger partial charge in [0.1, 0.15) is 5.82 Å². The van der Waals surface area contributed by atoms with Crippen molar-refractivity contribution in [3.05, 3.63) is 52.0 Å². The number of carbonyl (C=O) groups is 1. The number of hydrazone groups is 1. The highest BCUT2D eigenvalue weighted by molar-refractivity contribution is 7.12. The summed E-state index contributed by atoms with van der Waals surface area (Å²) in [6, 6.07) is 5.51. The molecule has 1 amide bonds. The third kappa shape index (κ3) is 4.60. The Kier molecular flexibility index (Phi) is 4.94. The molecule has 2 rings (SSSR count). The molecule has 1 heterocycles. The van der Waals surface area contributed by atoms with E-state index in [1.165, 1.54) is 18.3 Å². The maximum Gasteiger partial charge on any atom is 0.277 e. The van der Waals surface area contributed by atoms with Gasteiger partial charge in [0.05, 0.1) is 11.1 Å².